The Morgan fingerprint density at radius 2 is 1.94 bits per heavy atom. The highest BCUT2D eigenvalue weighted by Gasteiger charge is 2.23. The number of ether oxygens (including phenoxy) is 1. The third-order valence-corrected chi connectivity index (χ3v) is 3.65. The molecule has 1 N–H and O–H groups in total. The predicted octanol–water partition coefficient (Wildman–Crippen LogP) is 3.34. The third-order valence-electron chi connectivity index (χ3n) is 3.65. The predicted molar refractivity (Wildman–Crippen MR) is 76.0 cm³/mol. The van der Waals surface area contributed by atoms with Gasteiger partial charge in [0.05, 0.1) is 12.2 Å². The summed E-state index contributed by atoms with van der Waals surface area (Å²) in [5.74, 6) is 0. The Kier molecular flexibility index (Phi) is 3.79. The minimum Gasteiger partial charge on any atom is -0.368 e. The van der Waals surface area contributed by atoms with E-state index in [4.69, 9.17) is 4.74 Å². The van der Waals surface area contributed by atoms with Crippen LogP contribution in [0.5, 0.6) is 0 Å². The highest BCUT2D eigenvalue weighted by molar-refractivity contribution is 5.36. The molecular formula is C16H25NO. The zero-order valence-corrected chi connectivity index (χ0v) is 12.2. The van der Waals surface area contributed by atoms with Crippen molar-refractivity contribution in [1.29, 1.82) is 0 Å². The van der Waals surface area contributed by atoms with Gasteiger partial charge in [-0.25, -0.2) is 0 Å². The summed E-state index contributed by atoms with van der Waals surface area (Å²) in [6, 6.07) is 6.77. The molecule has 1 aromatic carbocycles. The summed E-state index contributed by atoms with van der Waals surface area (Å²) in [4.78, 5) is 0. The van der Waals surface area contributed by atoms with Crippen molar-refractivity contribution in [1.82, 2.24) is 5.32 Å². The van der Waals surface area contributed by atoms with E-state index in [2.05, 4.69) is 58.1 Å². The average molecular weight is 247 g/mol. The zero-order chi connectivity index (χ0) is 13.3. The van der Waals surface area contributed by atoms with Crippen molar-refractivity contribution in [2.75, 3.05) is 13.1 Å². The largest absolute Gasteiger partial charge is 0.368 e. The van der Waals surface area contributed by atoms with Gasteiger partial charge in [0.15, 0.2) is 0 Å². The van der Waals surface area contributed by atoms with Gasteiger partial charge in [0.1, 0.15) is 0 Å². The Labute approximate surface area is 111 Å². The first kappa shape index (κ1) is 13.6. The van der Waals surface area contributed by atoms with E-state index in [9.17, 15) is 0 Å². The summed E-state index contributed by atoms with van der Waals surface area (Å²) < 4.78 is 6.06. The van der Waals surface area contributed by atoms with Gasteiger partial charge in [-0.15, -0.1) is 0 Å². The van der Waals surface area contributed by atoms with Crippen LogP contribution in [0.4, 0.5) is 0 Å². The number of hydrogen-bond donors (Lipinski definition) is 1. The van der Waals surface area contributed by atoms with E-state index in [1.165, 1.54) is 16.7 Å². The first-order valence-corrected chi connectivity index (χ1v) is 6.85. The lowest BCUT2D eigenvalue weighted by molar-refractivity contribution is -0.0290. The maximum absolute atomic E-state index is 6.06. The van der Waals surface area contributed by atoms with Gasteiger partial charge in [0.25, 0.3) is 0 Å². The molecule has 0 saturated carbocycles. The second kappa shape index (κ2) is 5.02. The Balaban J connectivity index is 2.31. The fourth-order valence-electron chi connectivity index (χ4n) is 2.43. The number of rotatable bonds is 1. The molecule has 1 aliphatic rings. The lowest BCUT2D eigenvalue weighted by Gasteiger charge is -2.31. The van der Waals surface area contributed by atoms with Crippen LogP contribution in [-0.2, 0) is 10.2 Å². The van der Waals surface area contributed by atoms with E-state index in [1.807, 2.05) is 0 Å². The summed E-state index contributed by atoms with van der Waals surface area (Å²) in [6.07, 6.45) is 0.484. The van der Waals surface area contributed by atoms with Gasteiger partial charge in [-0.1, -0.05) is 39.0 Å². The SMILES string of the molecule is Cc1ccc(C(C)(C)C)cc1C1CNCC(C)O1. The minimum absolute atomic E-state index is 0.191. The molecule has 1 fully saturated rings. The van der Waals surface area contributed by atoms with E-state index < -0.39 is 0 Å². The Morgan fingerprint density at radius 3 is 2.56 bits per heavy atom. The molecule has 1 aromatic rings. The Morgan fingerprint density at radius 1 is 1.22 bits per heavy atom. The normalized spacial score (nSPS) is 25.2. The van der Waals surface area contributed by atoms with Crippen LogP contribution in [0.25, 0.3) is 0 Å². The second-order valence-electron chi connectivity index (χ2n) is 6.41. The number of morpholine rings is 1. The second-order valence-corrected chi connectivity index (χ2v) is 6.41. The summed E-state index contributed by atoms with van der Waals surface area (Å²) in [7, 11) is 0. The highest BCUT2D eigenvalue weighted by Crippen LogP contribution is 2.30. The van der Waals surface area contributed by atoms with Crippen LogP contribution < -0.4 is 5.32 Å². The first-order valence-electron chi connectivity index (χ1n) is 6.85. The van der Waals surface area contributed by atoms with Crippen LogP contribution >= 0.6 is 0 Å². The van der Waals surface area contributed by atoms with Crippen LogP contribution in [0.1, 0.15) is 50.5 Å². The molecule has 1 aliphatic heterocycles. The number of aryl methyl sites for hydroxylation is 1. The van der Waals surface area contributed by atoms with E-state index in [1.54, 1.807) is 0 Å². The highest BCUT2D eigenvalue weighted by atomic mass is 16.5. The fourth-order valence-corrected chi connectivity index (χ4v) is 2.43. The van der Waals surface area contributed by atoms with E-state index in [0.29, 0.717) is 6.10 Å². The van der Waals surface area contributed by atoms with Crippen molar-refractivity contribution in [3.63, 3.8) is 0 Å². The van der Waals surface area contributed by atoms with Crippen molar-refractivity contribution in [3.8, 4) is 0 Å². The van der Waals surface area contributed by atoms with Crippen LogP contribution in [0.3, 0.4) is 0 Å². The van der Waals surface area contributed by atoms with Gasteiger partial charge in [-0.05, 0) is 36.0 Å². The maximum atomic E-state index is 6.06. The monoisotopic (exact) mass is 247 g/mol. The van der Waals surface area contributed by atoms with Crippen LogP contribution in [0.15, 0.2) is 18.2 Å². The maximum Gasteiger partial charge on any atom is 0.0956 e. The molecule has 2 heteroatoms. The molecule has 0 spiro atoms. The van der Waals surface area contributed by atoms with Gasteiger partial charge in [0.2, 0.25) is 0 Å². The summed E-state index contributed by atoms with van der Waals surface area (Å²) in [5.41, 5.74) is 4.23. The van der Waals surface area contributed by atoms with E-state index in [-0.39, 0.29) is 11.5 Å². The summed E-state index contributed by atoms with van der Waals surface area (Å²) in [6.45, 7) is 12.9. The molecular weight excluding hydrogens is 222 g/mol. The van der Waals surface area contributed by atoms with E-state index >= 15 is 0 Å². The Hall–Kier alpha value is -0.860. The molecule has 0 radical (unpaired) electrons. The molecule has 2 nitrogen and oxygen atoms in total. The molecule has 1 saturated heterocycles. The van der Waals surface area contributed by atoms with Gasteiger partial charge < -0.3 is 10.1 Å². The zero-order valence-electron chi connectivity index (χ0n) is 12.2. The van der Waals surface area contributed by atoms with Crippen molar-refractivity contribution >= 4 is 0 Å². The smallest absolute Gasteiger partial charge is 0.0956 e. The number of nitrogens with one attached hydrogen (secondary N) is 1. The molecule has 1 heterocycles. The lowest BCUT2D eigenvalue weighted by Crippen LogP contribution is -2.39. The van der Waals surface area contributed by atoms with Gasteiger partial charge in [0, 0.05) is 13.1 Å². The molecule has 100 valence electrons. The quantitative estimate of drug-likeness (QED) is 0.822. The molecule has 2 unspecified atom stereocenters. The van der Waals surface area contributed by atoms with E-state index in [0.717, 1.165) is 13.1 Å². The molecule has 0 aromatic heterocycles. The Bertz CT molecular complexity index is 420. The van der Waals surface area contributed by atoms with Crippen molar-refractivity contribution < 1.29 is 4.74 Å². The fraction of sp³-hybridized carbons (Fsp3) is 0.625. The topological polar surface area (TPSA) is 21.3 Å². The molecule has 2 rings (SSSR count). The average Bonchev–Trinajstić information content (AvgIpc) is 2.28. The van der Waals surface area contributed by atoms with Crippen LogP contribution in [0.2, 0.25) is 0 Å². The number of hydrogen-bond acceptors (Lipinski definition) is 2. The van der Waals surface area contributed by atoms with Gasteiger partial charge >= 0.3 is 0 Å². The van der Waals surface area contributed by atoms with Gasteiger partial charge in [-0.3, -0.25) is 0 Å². The standard InChI is InChI=1S/C16H25NO/c1-11-6-7-13(16(3,4)5)8-14(11)15-10-17-9-12(2)18-15/h6-8,12,15,17H,9-10H2,1-5H3. The summed E-state index contributed by atoms with van der Waals surface area (Å²) in [5, 5.41) is 3.44. The summed E-state index contributed by atoms with van der Waals surface area (Å²) >= 11 is 0. The molecule has 0 bridgehead atoms. The van der Waals surface area contributed by atoms with Crippen LogP contribution in [0, 0.1) is 6.92 Å². The molecule has 2 atom stereocenters. The molecule has 0 amide bonds. The van der Waals surface area contributed by atoms with Crippen LogP contribution in [-0.4, -0.2) is 19.2 Å². The third kappa shape index (κ3) is 2.93. The van der Waals surface area contributed by atoms with Crippen molar-refractivity contribution in [2.45, 2.75) is 52.2 Å². The number of benzene rings is 1. The molecule has 0 aliphatic carbocycles. The van der Waals surface area contributed by atoms with Crippen molar-refractivity contribution in [3.05, 3.63) is 34.9 Å². The first-order chi connectivity index (χ1) is 8.38. The lowest BCUT2D eigenvalue weighted by atomic mass is 9.84. The molecule has 18 heavy (non-hydrogen) atoms. The van der Waals surface area contributed by atoms with Gasteiger partial charge in [-0.2, -0.15) is 0 Å². The van der Waals surface area contributed by atoms with Crippen molar-refractivity contribution in [2.24, 2.45) is 0 Å². The minimum atomic E-state index is 0.191.